The van der Waals surface area contributed by atoms with Gasteiger partial charge in [-0.15, -0.1) is 0 Å². The first kappa shape index (κ1) is 23.1. The van der Waals surface area contributed by atoms with Gasteiger partial charge in [-0.3, -0.25) is 9.69 Å². The zero-order chi connectivity index (χ0) is 23.6. The summed E-state index contributed by atoms with van der Waals surface area (Å²) in [5.41, 5.74) is 5.00. The van der Waals surface area contributed by atoms with Gasteiger partial charge >= 0.3 is 0 Å². The Morgan fingerprint density at radius 2 is 1.80 bits per heavy atom. The first-order chi connectivity index (χ1) is 17.2. The molecule has 2 heterocycles. The molecule has 0 radical (unpaired) electrons. The molecule has 1 saturated carbocycles. The number of benzene rings is 2. The second-order valence-corrected chi connectivity index (χ2v) is 11.1. The van der Waals surface area contributed by atoms with E-state index in [0.717, 1.165) is 62.8 Å². The van der Waals surface area contributed by atoms with Gasteiger partial charge in [-0.25, -0.2) is 0 Å². The summed E-state index contributed by atoms with van der Waals surface area (Å²) in [5, 5.41) is 3.26. The molecule has 0 aromatic heterocycles. The average Bonchev–Trinajstić information content (AvgIpc) is 3.62. The third-order valence-electron chi connectivity index (χ3n) is 8.62. The first-order valence-corrected chi connectivity index (χ1v) is 13.7. The minimum Gasteiger partial charge on any atom is -0.491 e. The molecule has 0 spiro atoms. The highest BCUT2D eigenvalue weighted by atomic mass is 16.5. The topological polar surface area (TPSA) is 50.8 Å². The van der Waals surface area contributed by atoms with Crippen LogP contribution in [0.4, 0.5) is 0 Å². The Labute approximate surface area is 209 Å². The van der Waals surface area contributed by atoms with Crippen molar-refractivity contribution in [3.63, 3.8) is 0 Å². The molecular weight excluding hydrogens is 436 g/mol. The number of rotatable bonds is 7. The fraction of sp³-hybridized carbons (Fsp3) is 0.567. The number of hydrogen-bond donors (Lipinski definition) is 1. The Kier molecular flexibility index (Phi) is 6.80. The van der Waals surface area contributed by atoms with Crippen molar-refractivity contribution in [2.45, 2.75) is 70.1 Å². The van der Waals surface area contributed by atoms with Gasteiger partial charge < -0.3 is 14.8 Å². The van der Waals surface area contributed by atoms with Gasteiger partial charge in [0.25, 0.3) is 5.91 Å². The third kappa shape index (κ3) is 5.41. The van der Waals surface area contributed by atoms with Crippen LogP contribution in [0.1, 0.15) is 65.6 Å². The summed E-state index contributed by atoms with van der Waals surface area (Å²) in [6, 6.07) is 14.7. The van der Waals surface area contributed by atoms with E-state index in [4.69, 9.17) is 9.47 Å². The van der Waals surface area contributed by atoms with E-state index < -0.39 is 0 Å². The van der Waals surface area contributed by atoms with Crippen molar-refractivity contribution in [1.29, 1.82) is 0 Å². The number of hydrogen-bond acceptors (Lipinski definition) is 4. The molecule has 3 fully saturated rings. The summed E-state index contributed by atoms with van der Waals surface area (Å²) in [4.78, 5) is 15.5. The quantitative estimate of drug-likeness (QED) is 0.629. The van der Waals surface area contributed by atoms with Crippen molar-refractivity contribution in [2.75, 3.05) is 26.3 Å². The van der Waals surface area contributed by atoms with Crippen molar-refractivity contribution in [3.8, 4) is 5.75 Å². The number of aryl methyl sites for hydroxylation is 1. The van der Waals surface area contributed by atoms with Crippen molar-refractivity contribution < 1.29 is 14.3 Å². The first-order valence-electron chi connectivity index (χ1n) is 13.7. The molecule has 4 atom stereocenters. The van der Waals surface area contributed by atoms with Crippen molar-refractivity contribution in [2.24, 2.45) is 11.8 Å². The maximum absolute atomic E-state index is 12.9. The lowest BCUT2D eigenvalue weighted by molar-refractivity contribution is 0.0679. The second kappa shape index (κ2) is 10.3. The number of nitrogens with one attached hydrogen (secondary N) is 1. The Morgan fingerprint density at radius 3 is 2.57 bits per heavy atom. The molecule has 5 nitrogen and oxygen atoms in total. The highest BCUT2D eigenvalue weighted by molar-refractivity contribution is 5.94. The molecule has 1 N–H and O–H groups in total. The van der Waals surface area contributed by atoms with Gasteiger partial charge in [0.05, 0.1) is 6.10 Å². The molecular formula is C30H38N2O3. The number of ether oxygens (including phenoxy) is 2. The van der Waals surface area contributed by atoms with Gasteiger partial charge in [0.1, 0.15) is 12.4 Å². The standard InChI is InChI=1S/C30H38N2O3/c33-30(22-9-12-28(13-10-22)35-20-29-5-2-14-34-29)31-27-11-8-23-15-21(6-7-24(23)16-27)17-32-18-25-3-1-4-26(25)19-32/h6-7,9-10,12-13,15,25-27,29H,1-5,8,11,14,16-20H2,(H,31,33)/t25?,26?,27-,29-/m0/s1. The van der Waals surface area contributed by atoms with Crippen LogP contribution in [0.2, 0.25) is 0 Å². The fourth-order valence-electron chi connectivity index (χ4n) is 6.69. The molecule has 5 heteroatoms. The molecule has 1 amide bonds. The van der Waals surface area contributed by atoms with E-state index in [0.29, 0.717) is 12.2 Å². The molecule has 186 valence electrons. The van der Waals surface area contributed by atoms with Gasteiger partial charge in [-0.05, 0) is 97.7 Å². The van der Waals surface area contributed by atoms with Gasteiger partial charge in [0.15, 0.2) is 0 Å². The molecule has 2 saturated heterocycles. The van der Waals surface area contributed by atoms with Crippen LogP contribution < -0.4 is 10.1 Å². The maximum atomic E-state index is 12.9. The minimum atomic E-state index is 0.000304. The van der Waals surface area contributed by atoms with E-state index in [1.165, 1.54) is 49.0 Å². The lowest BCUT2D eigenvalue weighted by atomic mass is 9.87. The summed E-state index contributed by atoms with van der Waals surface area (Å²) in [6.45, 7) is 5.08. The van der Waals surface area contributed by atoms with Crippen LogP contribution in [-0.4, -0.2) is 49.3 Å². The van der Waals surface area contributed by atoms with E-state index in [1.54, 1.807) is 0 Å². The molecule has 2 aliphatic carbocycles. The van der Waals surface area contributed by atoms with E-state index >= 15 is 0 Å². The Hall–Kier alpha value is -2.37. The number of carbonyl (C=O) groups is 1. The molecule has 2 aromatic rings. The van der Waals surface area contributed by atoms with E-state index in [2.05, 4.69) is 28.4 Å². The predicted molar refractivity (Wildman–Crippen MR) is 137 cm³/mol. The van der Waals surface area contributed by atoms with Crippen LogP contribution in [0.3, 0.4) is 0 Å². The molecule has 2 unspecified atom stereocenters. The van der Waals surface area contributed by atoms with Crippen LogP contribution in [0.15, 0.2) is 42.5 Å². The van der Waals surface area contributed by atoms with E-state index in [1.807, 2.05) is 24.3 Å². The number of likely N-dealkylation sites (tertiary alicyclic amines) is 1. The van der Waals surface area contributed by atoms with Crippen molar-refractivity contribution in [1.82, 2.24) is 10.2 Å². The fourth-order valence-corrected chi connectivity index (χ4v) is 6.69. The highest BCUT2D eigenvalue weighted by Gasteiger charge is 2.35. The van der Waals surface area contributed by atoms with Crippen molar-refractivity contribution >= 4 is 5.91 Å². The Balaban J connectivity index is 0.997. The van der Waals surface area contributed by atoms with Crippen LogP contribution in [0, 0.1) is 11.8 Å². The summed E-state index contributed by atoms with van der Waals surface area (Å²) < 4.78 is 11.4. The lowest BCUT2D eigenvalue weighted by Crippen LogP contribution is -2.38. The summed E-state index contributed by atoms with van der Waals surface area (Å²) >= 11 is 0. The zero-order valence-electron chi connectivity index (χ0n) is 20.7. The van der Waals surface area contributed by atoms with Crippen LogP contribution >= 0.6 is 0 Å². The molecule has 4 aliphatic rings. The molecule has 0 bridgehead atoms. The van der Waals surface area contributed by atoms with Gasteiger partial charge in [-0.1, -0.05) is 24.6 Å². The van der Waals surface area contributed by atoms with E-state index in [-0.39, 0.29) is 18.1 Å². The monoisotopic (exact) mass is 474 g/mol. The zero-order valence-corrected chi connectivity index (χ0v) is 20.7. The smallest absolute Gasteiger partial charge is 0.251 e. The largest absolute Gasteiger partial charge is 0.491 e. The Bertz CT molecular complexity index is 1020. The van der Waals surface area contributed by atoms with Crippen LogP contribution in [0.5, 0.6) is 5.75 Å². The number of fused-ring (bicyclic) bond motifs is 2. The Morgan fingerprint density at radius 1 is 0.971 bits per heavy atom. The number of amides is 1. The van der Waals surface area contributed by atoms with E-state index in [9.17, 15) is 4.79 Å². The second-order valence-electron chi connectivity index (χ2n) is 11.1. The normalized spacial score (nSPS) is 28.0. The number of carbonyl (C=O) groups excluding carboxylic acids is 1. The molecule has 35 heavy (non-hydrogen) atoms. The maximum Gasteiger partial charge on any atom is 0.251 e. The third-order valence-corrected chi connectivity index (χ3v) is 8.62. The van der Waals surface area contributed by atoms with Gasteiger partial charge in [-0.2, -0.15) is 0 Å². The molecule has 2 aromatic carbocycles. The van der Waals surface area contributed by atoms with Gasteiger partial charge in [0, 0.05) is 37.8 Å². The van der Waals surface area contributed by atoms with Crippen LogP contribution in [-0.2, 0) is 24.1 Å². The number of nitrogens with zero attached hydrogens (tertiary/aromatic N) is 1. The summed E-state index contributed by atoms with van der Waals surface area (Å²) in [6.07, 6.45) is 9.63. The SMILES string of the molecule is O=C(N[C@H]1CCc2cc(CN3CC4CCCC4C3)ccc2C1)c1ccc(OC[C@@H]2CCCO2)cc1. The predicted octanol–water partition coefficient (Wildman–Crippen LogP) is 4.76. The van der Waals surface area contributed by atoms with Crippen LogP contribution in [0.25, 0.3) is 0 Å². The molecule has 2 aliphatic heterocycles. The molecule has 6 rings (SSSR count). The summed E-state index contributed by atoms with van der Waals surface area (Å²) in [5.74, 6) is 2.69. The minimum absolute atomic E-state index is 0.000304. The lowest BCUT2D eigenvalue weighted by Gasteiger charge is -2.26. The van der Waals surface area contributed by atoms with Gasteiger partial charge in [0.2, 0.25) is 0 Å². The summed E-state index contributed by atoms with van der Waals surface area (Å²) in [7, 11) is 0. The highest BCUT2D eigenvalue weighted by Crippen LogP contribution is 2.38. The average molecular weight is 475 g/mol. The van der Waals surface area contributed by atoms with Crippen molar-refractivity contribution in [3.05, 3.63) is 64.7 Å².